The lowest BCUT2D eigenvalue weighted by Gasteiger charge is -2.29. The fraction of sp³-hybridized carbons (Fsp3) is 0.250. The SMILES string of the molecule is CNc1ncccc1C(=O)N1CCc2ccccc2C1. The Morgan fingerprint density at radius 2 is 2.00 bits per heavy atom. The van der Waals surface area contributed by atoms with Crippen molar-refractivity contribution in [3.63, 3.8) is 0 Å². The van der Waals surface area contributed by atoms with E-state index in [0.717, 1.165) is 13.0 Å². The fourth-order valence-corrected chi connectivity index (χ4v) is 2.62. The van der Waals surface area contributed by atoms with Gasteiger partial charge in [-0.3, -0.25) is 4.79 Å². The quantitative estimate of drug-likeness (QED) is 0.908. The van der Waals surface area contributed by atoms with E-state index in [2.05, 4.69) is 28.5 Å². The number of fused-ring (bicyclic) bond motifs is 1. The highest BCUT2D eigenvalue weighted by Crippen LogP contribution is 2.22. The van der Waals surface area contributed by atoms with Crippen LogP contribution in [0, 0.1) is 0 Å². The van der Waals surface area contributed by atoms with Crippen molar-refractivity contribution in [2.75, 3.05) is 18.9 Å². The first-order chi connectivity index (χ1) is 9.79. The molecule has 1 aromatic heterocycles. The third kappa shape index (κ3) is 2.25. The molecule has 4 nitrogen and oxygen atoms in total. The third-order valence-electron chi connectivity index (χ3n) is 3.69. The molecule has 2 heterocycles. The molecule has 1 N–H and O–H groups in total. The highest BCUT2D eigenvalue weighted by Gasteiger charge is 2.23. The van der Waals surface area contributed by atoms with Crippen molar-refractivity contribution >= 4 is 11.7 Å². The number of anilines is 1. The zero-order valence-corrected chi connectivity index (χ0v) is 11.5. The Balaban J connectivity index is 1.86. The molecule has 0 radical (unpaired) electrons. The summed E-state index contributed by atoms with van der Waals surface area (Å²) in [6.07, 6.45) is 2.60. The molecule has 4 heteroatoms. The van der Waals surface area contributed by atoms with Crippen LogP contribution in [-0.4, -0.2) is 29.4 Å². The lowest BCUT2D eigenvalue weighted by molar-refractivity contribution is 0.0735. The second kappa shape index (κ2) is 5.33. The van der Waals surface area contributed by atoms with Crippen LogP contribution in [0.3, 0.4) is 0 Å². The van der Waals surface area contributed by atoms with Crippen LogP contribution in [0.5, 0.6) is 0 Å². The van der Waals surface area contributed by atoms with Crippen molar-refractivity contribution in [1.29, 1.82) is 0 Å². The van der Waals surface area contributed by atoms with Crippen LogP contribution in [0.25, 0.3) is 0 Å². The third-order valence-corrected chi connectivity index (χ3v) is 3.69. The summed E-state index contributed by atoms with van der Waals surface area (Å²) in [7, 11) is 1.78. The molecule has 0 aliphatic carbocycles. The summed E-state index contributed by atoms with van der Waals surface area (Å²) in [5.41, 5.74) is 3.22. The summed E-state index contributed by atoms with van der Waals surface area (Å²) < 4.78 is 0. The van der Waals surface area contributed by atoms with E-state index in [-0.39, 0.29) is 5.91 Å². The topological polar surface area (TPSA) is 45.2 Å². The molecule has 1 aliphatic rings. The van der Waals surface area contributed by atoms with Crippen LogP contribution in [0.1, 0.15) is 21.5 Å². The first-order valence-corrected chi connectivity index (χ1v) is 6.78. The van der Waals surface area contributed by atoms with E-state index < -0.39 is 0 Å². The number of aromatic nitrogens is 1. The predicted molar refractivity (Wildman–Crippen MR) is 78.7 cm³/mol. The average Bonchev–Trinajstić information content (AvgIpc) is 2.53. The molecular formula is C16H17N3O. The van der Waals surface area contributed by atoms with Gasteiger partial charge in [0.25, 0.3) is 5.91 Å². The molecule has 0 unspecified atom stereocenters. The average molecular weight is 267 g/mol. The number of nitrogens with one attached hydrogen (secondary N) is 1. The van der Waals surface area contributed by atoms with Crippen molar-refractivity contribution in [3.05, 3.63) is 59.3 Å². The number of carbonyl (C=O) groups is 1. The maximum absolute atomic E-state index is 12.6. The summed E-state index contributed by atoms with van der Waals surface area (Å²) >= 11 is 0. The number of nitrogens with zero attached hydrogens (tertiary/aromatic N) is 2. The van der Waals surface area contributed by atoms with Gasteiger partial charge in [0.2, 0.25) is 0 Å². The lowest BCUT2D eigenvalue weighted by Crippen LogP contribution is -2.36. The minimum Gasteiger partial charge on any atom is -0.372 e. The Hall–Kier alpha value is -2.36. The Kier molecular flexibility index (Phi) is 3.37. The Labute approximate surface area is 118 Å². The maximum Gasteiger partial charge on any atom is 0.257 e. The molecule has 0 atom stereocenters. The van der Waals surface area contributed by atoms with E-state index >= 15 is 0 Å². The van der Waals surface area contributed by atoms with Gasteiger partial charge in [0, 0.05) is 26.3 Å². The minimum atomic E-state index is 0.0388. The van der Waals surface area contributed by atoms with Crippen LogP contribution in [0.15, 0.2) is 42.6 Å². The maximum atomic E-state index is 12.6. The summed E-state index contributed by atoms with van der Waals surface area (Å²) in [6, 6.07) is 11.9. The first-order valence-electron chi connectivity index (χ1n) is 6.78. The Bertz CT molecular complexity index is 639. The molecule has 0 fully saturated rings. The van der Waals surface area contributed by atoms with Crippen molar-refractivity contribution in [2.24, 2.45) is 0 Å². The first kappa shape index (κ1) is 12.7. The van der Waals surface area contributed by atoms with Gasteiger partial charge in [0.15, 0.2) is 0 Å². The highest BCUT2D eigenvalue weighted by atomic mass is 16.2. The van der Waals surface area contributed by atoms with Crippen LogP contribution >= 0.6 is 0 Å². The molecule has 1 aromatic carbocycles. The highest BCUT2D eigenvalue weighted by molar-refractivity contribution is 5.98. The second-order valence-corrected chi connectivity index (χ2v) is 4.89. The molecule has 2 aromatic rings. The lowest BCUT2D eigenvalue weighted by atomic mass is 9.99. The molecule has 3 rings (SSSR count). The van der Waals surface area contributed by atoms with Crippen LogP contribution < -0.4 is 5.32 Å². The van der Waals surface area contributed by atoms with Crippen molar-refractivity contribution < 1.29 is 4.79 Å². The molecule has 1 aliphatic heterocycles. The van der Waals surface area contributed by atoms with Gasteiger partial charge in [-0.1, -0.05) is 24.3 Å². The largest absolute Gasteiger partial charge is 0.372 e. The molecule has 1 amide bonds. The molecular weight excluding hydrogens is 250 g/mol. The molecule has 0 saturated carbocycles. The summed E-state index contributed by atoms with van der Waals surface area (Å²) in [4.78, 5) is 18.7. The molecule has 0 bridgehead atoms. The summed E-state index contributed by atoms with van der Waals surface area (Å²) in [5, 5.41) is 2.98. The van der Waals surface area contributed by atoms with E-state index in [9.17, 15) is 4.79 Å². The monoisotopic (exact) mass is 267 g/mol. The standard InChI is InChI=1S/C16H17N3O/c1-17-15-14(7-4-9-18-15)16(20)19-10-8-12-5-2-3-6-13(12)11-19/h2-7,9H,8,10-11H2,1H3,(H,17,18). The van der Waals surface area contributed by atoms with Crippen molar-refractivity contribution in [3.8, 4) is 0 Å². The Morgan fingerprint density at radius 1 is 1.20 bits per heavy atom. The van der Waals surface area contributed by atoms with E-state index in [0.29, 0.717) is 17.9 Å². The number of amides is 1. The van der Waals surface area contributed by atoms with Crippen molar-refractivity contribution in [2.45, 2.75) is 13.0 Å². The van der Waals surface area contributed by atoms with Gasteiger partial charge in [-0.2, -0.15) is 0 Å². The van der Waals surface area contributed by atoms with Gasteiger partial charge in [0.05, 0.1) is 5.56 Å². The van der Waals surface area contributed by atoms with Crippen molar-refractivity contribution in [1.82, 2.24) is 9.88 Å². The predicted octanol–water partition coefficient (Wildman–Crippen LogP) is 2.32. The molecule has 0 saturated heterocycles. The number of rotatable bonds is 2. The zero-order chi connectivity index (χ0) is 13.9. The smallest absolute Gasteiger partial charge is 0.257 e. The van der Waals surface area contributed by atoms with Crippen LogP contribution in [-0.2, 0) is 13.0 Å². The van der Waals surface area contributed by atoms with Crippen LogP contribution in [0.2, 0.25) is 0 Å². The van der Waals surface area contributed by atoms with E-state index in [1.54, 1.807) is 19.3 Å². The van der Waals surface area contributed by atoms with Gasteiger partial charge < -0.3 is 10.2 Å². The zero-order valence-electron chi connectivity index (χ0n) is 11.5. The number of pyridine rings is 1. The number of hydrogen-bond acceptors (Lipinski definition) is 3. The van der Waals surface area contributed by atoms with Gasteiger partial charge in [-0.25, -0.2) is 4.98 Å². The van der Waals surface area contributed by atoms with Gasteiger partial charge in [-0.05, 0) is 29.7 Å². The summed E-state index contributed by atoms with van der Waals surface area (Å²) in [5.74, 6) is 0.674. The molecule has 20 heavy (non-hydrogen) atoms. The van der Waals surface area contributed by atoms with E-state index in [4.69, 9.17) is 0 Å². The number of benzene rings is 1. The van der Waals surface area contributed by atoms with Gasteiger partial charge in [-0.15, -0.1) is 0 Å². The van der Waals surface area contributed by atoms with E-state index in [1.807, 2.05) is 17.0 Å². The van der Waals surface area contributed by atoms with Gasteiger partial charge >= 0.3 is 0 Å². The molecule has 102 valence electrons. The molecule has 0 spiro atoms. The fourth-order valence-electron chi connectivity index (χ4n) is 2.62. The van der Waals surface area contributed by atoms with Gasteiger partial charge in [0.1, 0.15) is 5.82 Å². The number of carbonyl (C=O) groups excluding carboxylic acids is 1. The second-order valence-electron chi connectivity index (χ2n) is 4.89. The number of hydrogen-bond donors (Lipinski definition) is 1. The minimum absolute atomic E-state index is 0.0388. The van der Waals surface area contributed by atoms with E-state index in [1.165, 1.54) is 11.1 Å². The van der Waals surface area contributed by atoms with Crippen LogP contribution in [0.4, 0.5) is 5.82 Å². The normalized spacial score (nSPS) is 13.8. The Morgan fingerprint density at radius 3 is 2.80 bits per heavy atom. The summed E-state index contributed by atoms with van der Waals surface area (Å²) in [6.45, 7) is 1.43.